The molecule has 31 heavy (non-hydrogen) atoms. The fourth-order valence-corrected chi connectivity index (χ4v) is 3.78. The maximum Gasteiger partial charge on any atom is 0.238 e. The van der Waals surface area contributed by atoms with Gasteiger partial charge in [0.25, 0.3) is 0 Å². The van der Waals surface area contributed by atoms with Gasteiger partial charge in [-0.1, -0.05) is 12.1 Å². The first kappa shape index (κ1) is 22.6. The minimum Gasteiger partial charge on any atom is -0.497 e. The van der Waals surface area contributed by atoms with Gasteiger partial charge in [0, 0.05) is 37.6 Å². The Morgan fingerprint density at radius 3 is 2.32 bits per heavy atom. The number of aryl methyl sites for hydroxylation is 1. The molecule has 1 N–H and O–H groups in total. The third-order valence-corrected chi connectivity index (χ3v) is 5.74. The van der Waals surface area contributed by atoms with Crippen molar-refractivity contribution in [3.05, 3.63) is 53.6 Å². The van der Waals surface area contributed by atoms with Gasteiger partial charge < -0.3 is 19.9 Å². The lowest BCUT2D eigenvalue weighted by atomic mass is 10.1. The molecule has 0 radical (unpaired) electrons. The Hall–Kier alpha value is -3.06. The van der Waals surface area contributed by atoms with Crippen molar-refractivity contribution in [2.24, 2.45) is 0 Å². The lowest BCUT2D eigenvalue weighted by Gasteiger charge is -2.37. The normalized spacial score (nSPS) is 14.0. The van der Waals surface area contributed by atoms with Crippen molar-refractivity contribution in [3.63, 3.8) is 0 Å². The molecule has 1 aliphatic rings. The van der Waals surface area contributed by atoms with Crippen LogP contribution >= 0.6 is 0 Å². The van der Waals surface area contributed by atoms with E-state index in [2.05, 4.69) is 42.3 Å². The number of carbonyl (C=O) groups is 2. The minimum atomic E-state index is -0.153. The van der Waals surface area contributed by atoms with Crippen LogP contribution in [-0.4, -0.2) is 75.0 Å². The molecular formula is C24H32N4O3. The molecule has 1 aliphatic heterocycles. The number of hydrogen-bond donors (Lipinski definition) is 1. The highest BCUT2D eigenvalue weighted by molar-refractivity contribution is 5.92. The Bertz CT molecular complexity index is 906. The number of benzene rings is 2. The van der Waals surface area contributed by atoms with Crippen molar-refractivity contribution in [1.82, 2.24) is 9.80 Å². The topological polar surface area (TPSA) is 65.1 Å². The van der Waals surface area contributed by atoms with Gasteiger partial charge >= 0.3 is 0 Å². The van der Waals surface area contributed by atoms with Gasteiger partial charge in [-0.15, -0.1) is 0 Å². The number of likely N-dealkylation sites (N-methyl/N-ethyl adjacent to an activating group) is 1. The Morgan fingerprint density at radius 1 is 1.00 bits per heavy atom. The van der Waals surface area contributed by atoms with Gasteiger partial charge in [0.2, 0.25) is 11.8 Å². The van der Waals surface area contributed by atoms with Crippen LogP contribution in [0.2, 0.25) is 0 Å². The molecule has 0 bridgehead atoms. The Labute approximate surface area is 184 Å². The quantitative estimate of drug-likeness (QED) is 0.740. The summed E-state index contributed by atoms with van der Waals surface area (Å²) in [6, 6.07) is 13.5. The van der Waals surface area contributed by atoms with Crippen LogP contribution in [-0.2, 0) is 9.59 Å². The number of rotatable bonds is 7. The van der Waals surface area contributed by atoms with Gasteiger partial charge in [0.1, 0.15) is 5.75 Å². The third-order valence-electron chi connectivity index (χ3n) is 5.74. The van der Waals surface area contributed by atoms with Crippen LogP contribution in [0, 0.1) is 13.8 Å². The third kappa shape index (κ3) is 5.98. The zero-order valence-corrected chi connectivity index (χ0v) is 18.9. The number of nitrogens with one attached hydrogen (secondary N) is 1. The smallest absolute Gasteiger partial charge is 0.238 e. The standard InChI is InChI=1S/C24H32N4O3/c1-18-6-5-7-22(19(18)2)27-12-14-28(15-13-27)24(30)17-26(3)16-23(29)25-20-8-10-21(31-4)11-9-20/h5-11H,12-17H2,1-4H3,(H,25,29). The SMILES string of the molecule is COc1ccc(NC(=O)CN(C)CC(=O)N2CCN(c3cccc(C)c3C)CC2)cc1. The van der Waals surface area contributed by atoms with Crippen LogP contribution in [0.5, 0.6) is 5.75 Å². The summed E-state index contributed by atoms with van der Waals surface area (Å²) >= 11 is 0. The van der Waals surface area contributed by atoms with Gasteiger partial charge in [-0.2, -0.15) is 0 Å². The molecule has 0 atom stereocenters. The second-order valence-electron chi connectivity index (χ2n) is 8.04. The van der Waals surface area contributed by atoms with Gasteiger partial charge in [-0.05, 0) is 62.4 Å². The van der Waals surface area contributed by atoms with E-state index in [-0.39, 0.29) is 24.9 Å². The first-order valence-corrected chi connectivity index (χ1v) is 10.6. The lowest BCUT2D eigenvalue weighted by molar-refractivity contribution is -0.132. The van der Waals surface area contributed by atoms with Crippen LogP contribution in [0.4, 0.5) is 11.4 Å². The van der Waals surface area contributed by atoms with E-state index in [1.807, 2.05) is 4.90 Å². The van der Waals surface area contributed by atoms with Crippen molar-refractivity contribution in [2.45, 2.75) is 13.8 Å². The molecule has 0 spiro atoms. The second kappa shape index (κ2) is 10.3. The van der Waals surface area contributed by atoms with E-state index in [1.54, 1.807) is 43.3 Å². The number of nitrogens with zero attached hydrogens (tertiary/aromatic N) is 3. The van der Waals surface area contributed by atoms with Crippen molar-refractivity contribution in [3.8, 4) is 5.75 Å². The molecule has 0 unspecified atom stereocenters. The second-order valence-corrected chi connectivity index (χ2v) is 8.04. The number of hydrogen-bond acceptors (Lipinski definition) is 5. The summed E-state index contributed by atoms with van der Waals surface area (Å²) in [7, 11) is 3.39. The Morgan fingerprint density at radius 2 is 1.68 bits per heavy atom. The summed E-state index contributed by atoms with van der Waals surface area (Å²) < 4.78 is 5.12. The number of methoxy groups -OCH3 is 1. The highest BCUT2D eigenvalue weighted by atomic mass is 16.5. The average molecular weight is 425 g/mol. The van der Waals surface area contributed by atoms with Crippen molar-refractivity contribution < 1.29 is 14.3 Å². The average Bonchev–Trinajstić information content (AvgIpc) is 2.76. The predicted octanol–water partition coefficient (Wildman–Crippen LogP) is 2.53. The van der Waals surface area contributed by atoms with Crippen LogP contribution in [0.25, 0.3) is 0 Å². The summed E-state index contributed by atoms with van der Waals surface area (Å²) in [5.74, 6) is 0.638. The zero-order valence-electron chi connectivity index (χ0n) is 18.9. The zero-order chi connectivity index (χ0) is 22.4. The molecule has 2 aromatic rings. The van der Waals surface area contributed by atoms with E-state index in [0.29, 0.717) is 18.8 Å². The van der Waals surface area contributed by atoms with Crippen LogP contribution in [0.3, 0.4) is 0 Å². The van der Waals surface area contributed by atoms with Crippen molar-refractivity contribution >= 4 is 23.2 Å². The number of carbonyl (C=O) groups excluding carboxylic acids is 2. The number of piperazine rings is 1. The van der Waals surface area contributed by atoms with E-state index in [4.69, 9.17) is 4.74 Å². The monoisotopic (exact) mass is 424 g/mol. The largest absolute Gasteiger partial charge is 0.497 e. The number of amides is 2. The van der Waals surface area contributed by atoms with Gasteiger partial charge in [0.05, 0.1) is 20.2 Å². The summed E-state index contributed by atoms with van der Waals surface area (Å²) in [6.45, 7) is 7.67. The fourth-order valence-electron chi connectivity index (χ4n) is 3.78. The van der Waals surface area contributed by atoms with Crippen LogP contribution in [0.15, 0.2) is 42.5 Å². The highest BCUT2D eigenvalue weighted by Crippen LogP contribution is 2.24. The van der Waals surface area contributed by atoms with E-state index < -0.39 is 0 Å². The molecule has 7 nitrogen and oxygen atoms in total. The Kier molecular flexibility index (Phi) is 7.52. The molecule has 0 aromatic heterocycles. The molecule has 0 saturated carbocycles. The molecule has 1 fully saturated rings. The summed E-state index contributed by atoms with van der Waals surface area (Å²) in [6.07, 6.45) is 0. The summed E-state index contributed by atoms with van der Waals surface area (Å²) in [5.41, 5.74) is 4.53. The minimum absolute atomic E-state index is 0.0559. The fraction of sp³-hybridized carbons (Fsp3) is 0.417. The molecule has 1 saturated heterocycles. The van der Waals surface area contributed by atoms with E-state index in [9.17, 15) is 9.59 Å². The van der Waals surface area contributed by atoms with Gasteiger partial charge in [0.15, 0.2) is 0 Å². The molecule has 3 rings (SSSR count). The van der Waals surface area contributed by atoms with Gasteiger partial charge in [-0.25, -0.2) is 0 Å². The molecule has 1 heterocycles. The van der Waals surface area contributed by atoms with E-state index in [1.165, 1.54) is 16.8 Å². The molecule has 2 amide bonds. The van der Waals surface area contributed by atoms with Gasteiger partial charge in [-0.3, -0.25) is 14.5 Å². The highest BCUT2D eigenvalue weighted by Gasteiger charge is 2.23. The summed E-state index contributed by atoms with van der Waals surface area (Å²) in [4.78, 5) is 31.0. The molecule has 2 aromatic carbocycles. The number of anilines is 2. The van der Waals surface area contributed by atoms with Crippen molar-refractivity contribution in [2.75, 3.05) is 63.6 Å². The van der Waals surface area contributed by atoms with Crippen molar-refractivity contribution in [1.29, 1.82) is 0 Å². The van der Waals surface area contributed by atoms with Crippen LogP contribution in [0.1, 0.15) is 11.1 Å². The molecular weight excluding hydrogens is 392 g/mol. The first-order chi connectivity index (χ1) is 14.9. The predicted molar refractivity (Wildman–Crippen MR) is 124 cm³/mol. The molecule has 0 aliphatic carbocycles. The first-order valence-electron chi connectivity index (χ1n) is 10.6. The molecule has 7 heteroatoms. The maximum absolute atomic E-state index is 12.7. The molecule has 166 valence electrons. The van der Waals surface area contributed by atoms with E-state index >= 15 is 0 Å². The summed E-state index contributed by atoms with van der Waals surface area (Å²) in [5, 5.41) is 2.84. The number of ether oxygens (including phenoxy) is 1. The Balaban J connectivity index is 1.44. The van der Waals surface area contributed by atoms with Crippen LogP contribution < -0.4 is 15.0 Å². The lowest BCUT2D eigenvalue weighted by Crippen LogP contribution is -2.51. The van der Waals surface area contributed by atoms with E-state index in [0.717, 1.165) is 18.8 Å². The maximum atomic E-state index is 12.7.